The maximum atomic E-state index is 11.9. The van der Waals surface area contributed by atoms with E-state index in [-0.39, 0.29) is 23.0 Å². The number of thiocarbonyl (C=S) groups is 1. The summed E-state index contributed by atoms with van der Waals surface area (Å²) in [5.74, 6) is -0.734. The maximum Gasteiger partial charge on any atom is 0.273 e. The number of ether oxygens (including phenoxy) is 1. The number of amides is 2. The van der Waals surface area contributed by atoms with Gasteiger partial charge in [0.25, 0.3) is 11.8 Å². The molecule has 0 aromatic heterocycles. The number of carbonyl (C=O) groups excluding carboxylic acids is 2. The van der Waals surface area contributed by atoms with E-state index >= 15 is 0 Å². The van der Waals surface area contributed by atoms with E-state index < -0.39 is 11.8 Å². The molecule has 0 unspecified atom stereocenters. The van der Waals surface area contributed by atoms with Crippen molar-refractivity contribution in [2.45, 2.75) is 6.92 Å². The van der Waals surface area contributed by atoms with Crippen molar-refractivity contribution in [2.75, 3.05) is 6.61 Å². The summed E-state index contributed by atoms with van der Waals surface area (Å²) in [6.07, 6.45) is 0. The average molecular weight is 438 g/mol. The molecule has 0 spiro atoms. The van der Waals surface area contributed by atoms with Crippen LogP contribution in [-0.4, -0.2) is 28.6 Å². The maximum absolute atomic E-state index is 11.9. The van der Waals surface area contributed by atoms with Gasteiger partial charge in [-0.25, -0.2) is 0 Å². The van der Waals surface area contributed by atoms with Crippen molar-refractivity contribution in [1.29, 1.82) is 0 Å². The number of hydrogen-bond donors (Lipinski definition) is 4. The molecule has 2 aromatic carbocycles. The molecule has 2 amide bonds. The predicted octanol–water partition coefficient (Wildman–Crippen LogP) is 2.18. The Morgan fingerprint density at radius 3 is 2.62 bits per heavy atom. The lowest BCUT2D eigenvalue weighted by molar-refractivity contribution is -0.121. The number of halogens is 1. The molecule has 0 aliphatic heterocycles. The molecule has 2 aromatic rings. The second-order valence-corrected chi connectivity index (χ2v) is 6.46. The summed E-state index contributed by atoms with van der Waals surface area (Å²) in [7, 11) is 0. The molecule has 9 heteroatoms. The van der Waals surface area contributed by atoms with Gasteiger partial charge < -0.3 is 9.84 Å². The fourth-order valence-corrected chi connectivity index (χ4v) is 2.68. The van der Waals surface area contributed by atoms with Crippen molar-refractivity contribution in [3.05, 3.63) is 58.1 Å². The SMILES string of the molecule is Cc1ccc(OCC(=O)NC(=S)NNC(=O)c2ccccc2O)c(Br)c1. The summed E-state index contributed by atoms with van der Waals surface area (Å²) in [4.78, 5) is 23.7. The number of para-hydroxylation sites is 1. The van der Waals surface area contributed by atoms with Crippen LogP contribution in [0.2, 0.25) is 0 Å². The van der Waals surface area contributed by atoms with E-state index in [1.807, 2.05) is 19.1 Å². The fourth-order valence-electron chi connectivity index (χ4n) is 1.91. The van der Waals surface area contributed by atoms with Crippen molar-refractivity contribution >= 4 is 45.1 Å². The predicted molar refractivity (Wildman–Crippen MR) is 104 cm³/mol. The van der Waals surface area contributed by atoms with Crippen molar-refractivity contribution < 1.29 is 19.4 Å². The van der Waals surface area contributed by atoms with Crippen molar-refractivity contribution in [1.82, 2.24) is 16.2 Å². The van der Waals surface area contributed by atoms with Gasteiger partial charge in [0.1, 0.15) is 11.5 Å². The van der Waals surface area contributed by atoms with Gasteiger partial charge in [0.2, 0.25) is 0 Å². The molecular formula is C17H16BrN3O4S. The van der Waals surface area contributed by atoms with Gasteiger partial charge in [0, 0.05) is 0 Å². The minimum absolute atomic E-state index is 0.0710. The van der Waals surface area contributed by atoms with Crippen LogP contribution in [-0.2, 0) is 4.79 Å². The van der Waals surface area contributed by atoms with E-state index in [2.05, 4.69) is 32.1 Å². The highest BCUT2D eigenvalue weighted by atomic mass is 79.9. The minimum atomic E-state index is -0.598. The van der Waals surface area contributed by atoms with Gasteiger partial charge in [-0.2, -0.15) is 0 Å². The quantitative estimate of drug-likeness (QED) is 0.432. The number of aromatic hydroxyl groups is 1. The number of phenols is 1. The smallest absolute Gasteiger partial charge is 0.273 e. The van der Waals surface area contributed by atoms with Crippen LogP contribution in [0.5, 0.6) is 11.5 Å². The molecule has 0 aliphatic rings. The zero-order chi connectivity index (χ0) is 19.1. The van der Waals surface area contributed by atoms with E-state index in [1.165, 1.54) is 12.1 Å². The Morgan fingerprint density at radius 2 is 1.92 bits per heavy atom. The number of nitrogens with one attached hydrogen (secondary N) is 3. The van der Waals surface area contributed by atoms with Gasteiger partial charge in [-0.15, -0.1) is 0 Å². The fraction of sp³-hybridized carbons (Fsp3) is 0.118. The molecule has 0 bridgehead atoms. The van der Waals surface area contributed by atoms with E-state index in [0.29, 0.717) is 5.75 Å². The third-order valence-electron chi connectivity index (χ3n) is 3.14. The molecule has 4 N–H and O–H groups in total. The minimum Gasteiger partial charge on any atom is -0.507 e. The Hall–Kier alpha value is -2.65. The Labute approximate surface area is 163 Å². The van der Waals surface area contributed by atoms with Crippen molar-refractivity contribution in [3.63, 3.8) is 0 Å². The van der Waals surface area contributed by atoms with Crippen LogP contribution in [0.1, 0.15) is 15.9 Å². The first kappa shape index (κ1) is 19.7. The lowest BCUT2D eigenvalue weighted by Gasteiger charge is -2.12. The molecule has 0 saturated carbocycles. The summed E-state index contributed by atoms with van der Waals surface area (Å²) < 4.78 is 6.14. The molecule has 0 fully saturated rings. The van der Waals surface area contributed by atoms with Crippen molar-refractivity contribution in [3.8, 4) is 11.5 Å². The molecule has 7 nitrogen and oxygen atoms in total. The Bertz CT molecular complexity index is 845. The first-order valence-electron chi connectivity index (χ1n) is 7.44. The molecule has 136 valence electrons. The highest BCUT2D eigenvalue weighted by Crippen LogP contribution is 2.25. The molecule has 0 radical (unpaired) electrons. The van der Waals surface area contributed by atoms with Crippen LogP contribution < -0.4 is 20.9 Å². The number of benzene rings is 2. The molecule has 2 rings (SSSR count). The molecule has 0 saturated heterocycles. The third-order valence-corrected chi connectivity index (χ3v) is 3.96. The second-order valence-electron chi connectivity index (χ2n) is 5.20. The third kappa shape index (κ3) is 5.71. The van der Waals surface area contributed by atoms with Gasteiger partial charge in [-0.1, -0.05) is 18.2 Å². The number of hydrazine groups is 1. The zero-order valence-corrected chi connectivity index (χ0v) is 16.1. The summed E-state index contributed by atoms with van der Waals surface area (Å²) in [5.41, 5.74) is 5.79. The van der Waals surface area contributed by atoms with Crippen LogP contribution in [0.25, 0.3) is 0 Å². The summed E-state index contributed by atoms with van der Waals surface area (Å²) in [6.45, 7) is 1.69. The Balaban J connectivity index is 1.77. The number of phenolic OH excluding ortho intramolecular Hbond substituents is 1. The lowest BCUT2D eigenvalue weighted by Crippen LogP contribution is -2.49. The number of hydrogen-bond acceptors (Lipinski definition) is 5. The van der Waals surface area contributed by atoms with Gasteiger partial charge >= 0.3 is 0 Å². The number of rotatable bonds is 4. The molecule has 0 aliphatic carbocycles. The normalized spacial score (nSPS) is 9.92. The monoisotopic (exact) mass is 437 g/mol. The van der Waals surface area contributed by atoms with E-state index in [0.717, 1.165) is 10.0 Å². The molecule has 26 heavy (non-hydrogen) atoms. The van der Waals surface area contributed by atoms with Crippen molar-refractivity contribution in [2.24, 2.45) is 0 Å². The van der Waals surface area contributed by atoms with Crippen LogP contribution in [0.15, 0.2) is 46.9 Å². The zero-order valence-electron chi connectivity index (χ0n) is 13.7. The summed E-state index contributed by atoms with van der Waals surface area (Å²) in [6, 6.07) is 11.5. The summed E-state index contributed by atoms with van der Waals surface area (Å²) in [5, 5.41) is 11.9. The van der Waals surface area contributed by atoms with Crippen LogP contribution >= 0.6 is 28.1 Å². The topological polar surface area (TPSA) is 99.7 Å². The first-order chi connectivity index (χ1) is 12.4. The van der Waals surface area contributed by atoms with Gasteiger partial charge in [-0.05, 0) is 64.9 Å². The van der Waals surface area contributed by atoms with Crippen LogP contribution in [0.4, 0.5) is 0 Å². The second kappa shape index (κ2) is 9.16. The molecular weight excluding hydrogens is 422 g/mol. The van der Waals surface area contributed by atoms with E-state index in [4.69, 9.17) is 17.0 Å². The Kier molecular flexibility index (Phi) is 6.93. The van der Waals surface area contributed by atoms with E-state index in [9.17, 15) is 14.7 Å². The van der Waals surface area contributed by atoms with Crippen LogP contribution in [0, 0.1) is 6.92 Å². The lowest BCUT2D eigenvalue weighted by atomic mass is 10.2. The standard InChI is InChI=1S/C17H16BrN3O4S/c1-10-6-7-14(12(18)8-10)25-9-15(23)19-17(26)21-20-16(24)11-4-2-3-5-13(11)22/h2-8,22H,9H2,1H3,(H,20,24)(H2,19,21,23,26). The van der Waals surface area contributed by atoms with Gasteiger partial charge in [0.15, 0.2) is 11.7 Å². The average Bonchev–Trinajstić information content (AvgIpc) is 2.59. The highest BCUT2D eigenvalue weighted by Gasteiger charge is 2.11. The number of aryl methyl sites for hydroxylation is 1. The van der Waals surface area contributed by atoms with Gasteiger partial charge in [-0.3, -0.25) is 25.8 Å². The summed E-state index contributed by atoms with van der Waals surface area (Å²) >= 11 is 8.27. The Morgan fingerprint density at radius 1 is 1.19 bits per heavy atom. The number of carbonyl (C=O) groups is 2. The molecule has 0 heterocycles. The van der Waals surface area contributed by atoms with Crippen LogP contribution in [0.3, 0.4) is 0 Å². The largest absolute Gasteiger partial charge is 0.507 e. The highest BCUT2D eigenvalue weighted by molar-refractivity contribution is 9.10. The molecule has 0 atom stereocenters. The van der Waals surface area contributed by atoms with E-state index in [1.54, 1.807) is 18.2 Å². The van der Waals surface area contributed by atoms with Gasteiger partial charge in [0.05, 0.1) is 10.0 Å². The first-order valence-corrected chi connectivity index (χ1v) is 8.64.